The summed E-state index contributed by atoms with van der Waals surface area (Å²) >= 11 is 0. The molecule has 2 amide bonds. The Morgan fingerprint density at radius 3 is 2.50 bits per heavy atom. The molecular weight excluding hydrogens is 352 g/mol. The van der Waals surface area contributed by atoms with Crippen molar-refractivity contribution in [3.8, 4) is 0 Å². The fraction of sp³-hybridized carbons (Fsp3) is 0.409. The number of rotatable bonds is 6. The zero-order valence-electron chi connectivity index (χ0n) is 17.0. The molecule has 1 saturated heterocycles. The van der Waals surface area contributed by atoms with Gasteiger partial charge in [-0.05, 0) is 36.8 Å². The number of nitrogens with one attached hydrogen (secondary N) is 3. The summed E-state index contributed by atoms with van der Waals surface area (Å²) in [6.45, 7) is 6.00. The van der Waals surface area contributed by atoms with Gasteiger partial charge in [0, 0.05) is 31.0 Å². The topological polar surface area (TPSA) is 58.0 Å². The molecule has 6 heteroatoms. The highest BCUT2D eigenvalue weighted by Crippen LogP contribution is 2.16. The average molecular weight is 384 g/mol. The minimum absolute atomic E-state index is 0.173. The highest BCUT2D eigenvalue weighted by Gasteiger charge is 2.27. The lowest BCUT2D eigenvalue weighted by atomic mass is 10.0. The van der Waals surface area contributed by atoms with Crippen LogP contribution < -0.4 is 20.4 Å². The number of benzene rings is 2. The number of quaternary nitrogens is 1. The summed E-state index contributed by atoms with van der Waals surface area (Å²) in [6, 6.07) is 16.4. The van der Waals surface area contributed by atoms with Crippen LogP contribution in [0.3, 0.4) is 0 Å². The van der Waals surface area contributed by atoms with E-state index in [1.807, 2.05) is 45.3 Å². The summed E-state index contributed by atoms with van der Waals surface area (Å²) in [5.41, 5.74) is 4.33. The van der Waals surface area contributed by atoms with Gasteiger partial charge in [-0.1, -0.05) is 24.3 Å². The van der Waals surface area contributed by atoms with E-state index in [1.54, 1.807) is 0 Å². The maximum atomic E-state index is 12.4. The summed E-state index contributed by atoms with van der Waals surface area (Å²) in [4.78, 5) is 16.0. The first kappa shape index (κ1) is 20.2. The average Bonchev–Trinajstić information content (AvgIpc) is 2.69. The van der Waals surface area contributed by atoms with E-state index in [1.165, 1.54) is 16.2 Å². The molecule has 1 aliphatic heterocycles. The molecule has 1 heterocycles. The number of carbonyl (C=O) groups is 1. The van der Waals surface area contributed by atoms with Crippen molar-refractivity contribution in [2.75, 3.05) is 57.2 Å². The number of ether oxygens (including phenoxy) is 1. The zero-order valence-corrected chi connectivity index (χ0v) is 17.0. The molecule has 3 N–H and O–H groups in total. The predicted molar refractivity (Wildman–Crippen MR) is 113 cm³/mol. The molecule has 0 aliphatic carbocycles. The van der Waals surface area contributed by atoms with Crippen LogP contribution in [-0.4, -0.2) is 53.0 Å². The number of morpholine rings is 1. The smallest absolute Gasteiger partial charge is 0.319 e. The van der Waals surface area contributed by atoms with Gasteiger partial charge in [-0.15, -0.1) is 0 Å². The van der Waals surface area contributed by atoms with E-state index in [-0.39, 0.29) is 12.1 Å². The molecule has 28 heavy (non-hydrogen) atoms. The number of amides is 2. The number of hydrogen-bond acceptors (Lipinski definition) is 3. The molecular formula is C22H31N4O2+. The molecule has 1 fully saturated rings. The van der Waals surface area contributed by atoms with Gasteiger partial charge >= 0.3 is 6.03 Å². The van der Waals surface area contributed by atoms with E-state index in [2.05, 4.69) is 39.8 Å². The summed E-state index contributed by atoms with van der Waals surface area (Å²) in [6.07, 6.45) is 0. The van der Waals surface area contributed by atoms with Crippen LogP contribution in [0.5, 0.6) is 0 Å². The summed E-state index contributed by atoms with van der Waals surface area (Å²) in [5, 5.41) is 5.99. The predicted octanol–water partition coefficient (Wildman–Crippen LogP) is 1.84. The normalized spacial score (nSPS) is 15.7. The standard InChI is InChI=1S/C22H30N4O2/c1-17-5-4-6-19(15-17)24-22(27)23-16-21(26-11-13-28-14-12-26)18-7-9-20(10-8-18)25(2)3/h4-10,15,21H,11-14,16H2,1-3H3,(H2,23,24,27)/p+1/t21-/m0/s1. The molecule has 1 atom stereocenters. The Kier molecular flexibility index (Phi) is 6.90. The van der Waals surface area contributed by atoms with Crippen LogP contribution in [0.25, 0.3) is 0 Å². The van der Waals surface area contributed by atoms with Crippen molar-refractivity contribution in [2.45, 2.75) is 13.0 Å². The number of urea groups is 1. The largest absolute Gasteiger partial charge is 0.378 e. The molecule has 0 spiro atoms. The Bertz CT molecular complexity index is 770. The fourth-order valence-electron chi connectivity index (χ4n) is 3.58. The van der Waals surface area contributed by atoms with Gasteiger partial charge in [0.2, 0.25) is 0 Å². The van der Waals surface area contributed by atoms with E-state index in [4.69, 9.17) is 4.74 Å². The van der Waals surface area contributed by atoms with Gasteiger partial charge in [-0.3, -0.25) is 0 Å². The van der Waals surface area contributed by atoms with Crippen molar-refractivity contribution in [1.82, 2.24) is 5.32 Å². The first-order valence-electron chi connectivity index (χ1n) is 9.84. The molecule has 0 unspecified atom stereocenters. The number of carbonyl (C=O) groups excluding carboxylic acids is 1. The Morgan fingerprint density at radius 1 is 1.14 bits per heavy atom. The van der Waals surface area contributed by atoms with Crippen LogP contribution in [0, 0.1) is 6.92 Å². The lowest BCUT2D eigenvalue weighted by Gasteiger charge is -2.32. The van der Waals surface area contributed by atoms with E-state index >= 15 is 0 Å². The molecule has 0 saturated carbocycles. The van der Waals surface area contributed by atoms with Gasteiger partial charge in [-0.25, -0.2) is 4.79 Å². The van der Waals surface area contributed by atoms with Gasteiger partial charge < -0.3 is 25.2 Å². The van der Waals surface area contributed by atoms with E-state index in [9.17, 15) is 4.79 Å². The van der Waals surface area contributed by atoms with Crippen molar-refractivity contribution in [3.05, 3.63) is 59.7 Å². The van der Waals surface area contributed by atoms with Crippen molar-refractivity contribution < 1.29 is 14.4 Å². The number of aryl methyl sites for hydroxylation is 1. The minimum Gasteiger partial charge on any atom is -0.378 e. The number of hydrogen-bond donors (Lipinski definition) is 3. The molecule has 0 aromatic heterocycles. The van der Waals surface area contributed by atoms with Crippen LogP contribution in [-0.2, 0) is 4.74 Å². The second-order valence-electron chi connectivity index (χ2n) is 7.51. The third-order valence-corrected chi connectivity index (χ3v) is 5.18. The maximum Gasteiger partial charge on any atom is 0.319 e. The second kappa shape index (κ2) is 9.57. The van der Waals surface area contributed by atoms with Crippen molar-refractivity contribution in [1.29, 1.82) is 0 Å². The first-order chi connectivity index (χ1) is 13.5. The van der Waals surface area contributed by atoms with Crippen molar-refractivity contribution in [2.24, 2.45) is 0 Å². The Balaban J connectivity index is 1.67. The van der Waals surface area contributed by atoms with Gasteiger partial charge in [0.1, 0.15) is 19.1 Å². The lowest BCUT2D eigenvalue weighted by molar-refractivity contribution is -0.937. The Labute approximate surface area is 167 Å². The summed E-state index contributed by atoms with van der Waals surface area (Å²) < 4.78 is 5.52. The van der Waals surface area contributed by atoms with Crippen LogP contribution in [0.4, 0.5) is 16.2 Å². The van der Waals surface area contributed by atoms with Gasteiger partial charge in [0.15, 0.2) is 0 Å². The van der Waals surface area contributed by atoms with Crippen LogP contribution in [0.2, 0.25) is 0 Å². The number of nitrogens with zero attached hydrogens (tertiary/aromatic N) is 1. The molecule has 0 bridgehead atoms. The highest BCUT2D eigenvalue weighted by molar-refractivity contribution is 5.89. The molecule has 0 radical (unpaired) electrons. The first-order valence-corrected chi connectivity index (χ1v) is 9.84. The second-order valence-corrected chi connectivity index (χ2v) is 7.51. The Hall–Kier alpha value is -2.57. The van der Waals surface area contributed by atoms with Gasteiger partial charge in [0.05, 0.1) is 19.8 Å². The minimum atomic E-state index is -0.173. The Morgan fingerprint density at radius 2 is 1.86 bits per heavy atom. The maximum absolute atomic E-state index is 12.4. The van der Waals surface area contributed by atoms with Gasteiger partial charge in [0.25, 0.3) is 0 Å². The van der Waals surface area contributed by atoms with E-state index < -0.39 is 0 Å². The molecule has 6 nitrogen and oxygen atoms in total. The number of anilines is 2. The van der Waals surface area contributed by atoms with E-state index in [0.717, 1.165) is 37.6 Å². The highest BCUT2D eigenvalue weighted by atomic mass is 16.5. The van der Waals surface area contributed by atoms with Crippen molar-refractivity contribution >= 4 is 17.4 Å². The third kappa shape index (κ3) is 5.47. The monoisotopic (exact) mass is 383 g/mol. The third-order valence-electron chi connectivity index (χ3n) is 5.18. The van der Waals surface area contributed by atoms with E-state index in [0.29, 0.717) is 6.54 Å². The van der Waals surface area contributed by atoms with Crippen LogP contribution >= 0.6 is 0 Å². The molecule has 150 valence electrons. The van der Waals surface area contributed by atoms with Gasteiger partial charge in [-0.2, -0.15) is 0 Å². The fourth-order valence-corrected chi connectivity index (χ4v) is 3.58. The van der Waals surface area contributed by atoms with Crippen LogP contribution in [0.15, 0.2) is 48.5 Å². The van der Waals surface area contributed by atoms with Crippen LogP contribution in [0.1, 0.15) is 17.2 Å². The van der Waals surface area contributed by atoms with Crippen molar-refractivity contribution in [3.63, 3.8) is 0 Å². The molecule has 2 aromatic carbocycles. The molecule has 3 rings (SSSR count). The summed E-state index contributed by atoms with van der Waals surface area (Å²) in [7, 11) is 4.08. The summed E-state index contributed by atoms with van der Waals surface area (Å²) in [5.74, 6) is 0. The zero-order chi connectivity index (χ0) is 19.9. The quantitative estimate of drug-likeness (QED) is 0.713. The lowest BCUT2D eigenvalue weighted by Crippen LogP contribution is -3.15. The molecule has 1 aliphatic rings. The SMILES string of the molecule is Cc1cccc(NC(=O)NC[C@@H](c2ccc(N(C)C)cc2)[NH+]2CCOCC2)c1. The molecule has 2 aromatic rings.